The van der Waals surface area contributed by atoms with E-state index in [1.807, 2.05) is 60.9 Å². The second-order valence-electron chi connectivity index (χ2n) is 9.65. The van der Waals surface area contributed by atoms with Gasteiger partial charge in [-0.1, -0.05) is 35.9 Å². The molecule has 0 saturated heterocycles. The number of aromatic nitrogens is 3. The first kappa shape index (κ1) is 27.5. The van der Waals surface area contributed by atoms with Crippen molar-refractivity contribution in [2.75, 3.05) is 14.2 Å². The van der Waals surface area contributed by atoms with Gasteiger partial charge in [-0.15, -0.1) is 10.2 Å². The Hall–Kier alpha value is -5.03. The molecule has 210 valence electrons. The van der Waals surface area contributed by atoms with Crippen molar-refractivity contribution in [1.82, 2.24) is 25.6 Å². The Bertz CT molecular complexity index is 1640. The number of hydrogen-bond donors (Lipinski definition) is 3. The number of nitrogens with zero attached hydrogens (tertiary/aromatic N) is 4. The molecule has 2 amide bonds. The molecule has 1 atom stereocenters. The summed E-state index contributed by atoms with van der Waals surface area (Å²) in [6.07, 6.45) is 0.00766. The van der Waals surface area contributed by atoms with Crippen molar-refractivity contribution < 1.29 is 24.3 Å². The van der Waals surface area contributed by atoms with Crippen LogP contribution in [0.3, 0.4) is 0 Å². The zero-order chi connectivity index (χ0) is 29.1. The fraction of sp³-hybridized carbons (Fsp3) is 0.233. The number of hydroxylamine groups is 1. The predicted octanol–water partition coefficient (Wildman–Crippen LogP) is 3.49. The van der Waals surface area contributed by atoms with E-state index in [-0.39, 0.29) is 30.2 Å². The molecular formula is C30H30N6O5. The van der Waals surface area contributed by atoms with Gasteiger partial charge in [0, 0.05) is 17.7 Å². The van der Waals surface area contributed by atoms with Crippen LogP contribution in [-0.4, -0.2) is 51.6 Å². The maximum absolute atomic E-state index is 13.3. The van der Waals surface area contributed by atoms with E-state index in [2.05, 4.69) is 25.8 Å². The van der Waals surface area contributed by atoms with Crippen LogP contribution < -0.4 is 15.5 Å². The Kier molecular flexibility index (Phi) is 7.79. The smallest absolute Gasteiger partial charge is 0.278 e. The number of fused-ring (bicyclic) bond motifs is 3. The topological polar surface area (TPSA) is 140 Å². The molecule has 3 N–H and O–H groups in total. The van der Waals surface area contributed by atoms with Gasteiger partial charge in [-0.05, 0) is 49.7 Å². The third kappa shape index (κ3) is 5.66. The molecule has 4 aromatic rings. The van der Waals surface area contributed by atoms with Crippen molar-refractivity contribution >= 4 is 17.5 Å². The largest absolute Gasteiger partial charge is 0.507 e. The number of carbonyl (C=O) groups excluding carboxylic acids is 2. The second kappa shape index (κ2) is 11.6. The molecule has 1 aliphatic heterocycles. The van der Waals surface area contributed by atoms with E-state index in [1.54, 1.807) is 13.2 Å². The van der Waals surface area contributed by atoms with Crippen LogP contribution >= 0.6 is 0 Å². The molecule has 0 radical (unpaired) electrons. The molecule has 1 unspecified atom stereocenters. The van der Waals surface area contributed by atoms with Crippen molar-refractivity contribution in [1.29, 1.82) is 0 Å². The van der Waals surface area contributed by atoms with Crippen molar-refractivity contribution in [3.63, 3.8) is 0 Å². The minimum atomic E-state index is -0.631. The van der Waals surface area contributed by atoms with Crippen LogP contribution in [0.4, 0.5) is 0 Å². The third-order valence-corrected chi connectivity index (χ3v) is 6.83. The number of hydrogen-bond acceptors (Lipinski definition) is 8. The maximum atomic E-state index is 13.3. The molecule has 0 spiro atoms. The number of aryl methyl sites for hydroxylation is 2. The standard InChI is InChI=1S/C30H30N6O5/c1-17-5-8-20(9-6-17)28-22-14-21(40-3)10-11-25(22)36-18(2)33-34-29(36)24(32-28)15-27(38)31-16-19-7-12-26(37)23(13-19)30(39)35-41-4/h5-14,24,37H,15-16H2,1-4H3,(H,31,38)(H,35,39). The van der Waals surface area contributed by atoms with Crippen molar-refractivity contribution in [2.24, 2.45) is 4.99 Å². The lowest BCUT2D eigenvalue weighted by atomic mass is 9.99. The number of phenols is 1. The van der Waals surface area contributed by atoms with Gasteiger partial charge in [0.2, 0.25) is 5.91 Å². The Labute approximate surface area is 236 Å². The number of aromatic hydroxyl groups is 1. The molecule has 0 saturated carbocycles. The average Bonchev–Trinajstić information content (AvgIpc) is 3.29. The van der Waals surface area contributed by atoms with Gasteiger partial charge in [-0.3, -0.25) is 24.0 Å². The number of rotatable bonds is 8. The van der Waals surface area contributed by atoms with Crippen LogP contribution in [0.25, 0.3) is 5.69 Å². The monoisotopic (exact) mass is 554 g/mol. The molecule has 11 nitrogen and oxygen atoms in total. The van der Waals surface area contributed by atoms with E-state index >= 15 is 0 Å². The summed E-state index contributed by atoms with van der Waals surface area (Å²) in [7, 11) is 2.92. The molecule has 3 aromatic carbocycles. The third-order valence-electron chi connectivity index (χ3n) is 6.83. The van der Waals surface area contributed by atoms with E-state index in [9.17, 15) is 14.7 Å². The van der Waals surface area contributed by atoms with Gasteiger partial charge in [0.15, 0.2) is 5.82 Å². The number of amides is 2. The van der Waals surface area contributed by atoms with Gasteiger partial charge in [0.05, 0.1) is 37.6 Å². The summed E-state index contributed by atoms with van der Waals surface area (Å²) >= 11 is 0. The molecule has 1 aliphatic rings. The van der Waals surface area contributed by atoms with Gasteiger partial charge in [0.25, 0.3) is 5.91 Å². The number of methoxy groups -OCH3 is 1. The highest BCUT2D eigenvalue weighted by molar-refractivity contribution is 6.15. The highest BCUT2D eigenvalue weighted by atomic mass is 16.6. The van der Waals surface area contributed by atoms with E-state index < -0.39 is 11.9 Å². The highest BCUT2D eigenvalue weighted by Crippen LogP contribution is 2.34. The summed E-state index contributed by atoms with van der Waals surface area (Å²) in [6, 6.07) is 17.7. The molecule has 0 bridgehead atoms. The van der Waals surface area contributed by atoms with Crippen LogP contribution in [0.15, 0.2) is 65.7 Å². The Morgan fingerprint density at radius 3 is 2.51 bits per heavy atom. The van der Waals surface area contributed by atoms with E-state index in [1.165, 1.54) is 19.2 Å². The summed E-state index contributed by atoms with van der Waals surface area (Å²) in [4.78, 5) is 35.1. The summed E-state index contributed by atoms with van der Waals surface area (Å²) in [5, 5.41) is 21.7. The fourth-order valence-electron chi connectivity index (χ4n) is 4.75. The first-order valence-corrected chi connectivity index (χ1v) is 13.0. The molecule has 0 aliphatic carbocycles. The lowest BCUT2D eigenvalue weighted by Crippen LogP contribution is -2.26. The van der Waals surface area contributed by atoms with E-state index in [0.717, 1.165) is 22.4 Å². The van der Waals surface area contributed by atoms with Crippen molar-refractivity contribution in [2.45, 2.75) is 32.9 Å². The summed E-state index contributed by atoms with van der Waals surface area (Å²) < 4.78 is 7.45. The maximum Gasteiger partial charge on any atom is 0.278 e. The Morgan fingerprint density at radius 1 is 1.00 bits per heavy atom. The Morgan fingerprint density at radius 2 is 1.78 bits per heavy atom. The predicted molar refractivity (Wildman–Crippen MR) is 151 cm³/mol. The second-order valence-corrected chi connectivity index (χ2v) is 9.65. The number of benzene rings is 3. The number of aliphatic imine (C=N–C) groups is 1. The summed E-state index contributed by atoms with van der Waals surface area (Å²) in [5.74, 6) is 0.836. The number of nitrogens with one attached hydrogen (secondary N) is 2. The van der Waals surface area contributed by atoms with Crippen LogP contribution in [0.2, 0.25) is 0 Å². The molecule has 0 fully saturated rings. The molecule has 41 heavy (non-hydrogen) atoms. The number of phenolic OH excluding ortho intramolecular Hbond substituents is 1. The van der Waals surface area contributed by atoms with Gasteiger partial charge < -0.3 is 15.2 Å². The quantitative estimate of drug-likeness (QED) is 0.283. The average molecular weight is 555 g/mol. The van der Waals surface area contributed by atoms with Gasteiger partial charge >= 0.3 is 0 Å². The van der Waals surface area contributed by atoms with E-state index in [4.69, 9.17) is 9.73 Å². The van der Waals surface area contributed by atoms with Gasteiger partial charge in [0.1, 0.15) is 23.4 Å². The normalized spacial score (nSPS) is 13.9. The molecule has 11 heteroatoms. The minimum Gasteiger partial charge on any atom is -0.507 e. The van der Waals surface area contributed by atoms with Gasteiger partial charge in [-0.25, -0.2) is 5.48 Å². The first-order valence-electron chi connectivity index (χ1n) is 13.0. The molecule has 1 aromatic heterocycles. The van der Waals surface area contributed by atoms with Gasteiger partial charge in [-0.2, -0.15) is 0 Å². The lowest BCUT2D eigenvalue weighted by molar-refractivity contribution is -0.121. The highest BCUT2D eigenvalue weighted by Gasteiger charge is 2.30. The SMILES string of the molecule is CONC(=O)c1cc(CNC(=O)CC2N=C(c3ccc(C)cc3)c3cc(OC)ccc3-n3c(C)nnc32)ccc1O. The van der Waals surface area contributed by atoms with Crippen LogP contribution in [0.5, 0.6) is 11.5 Å². The van der Waals surface area contributed by atoms with E-state index in [0.29, 0.717) is 28.7 Å². The molecule has 2 heterocycles. The summed E-state index contributed by atoms with van der Waals surface area (Å²) in [6.45, 7) is 4.02. The van der Waals surface area contributed by atoms with Crippen molar-refractivity contribution in [3.8, 4) is 17.2 Å². The van der Waals surface area contributed by atoms with Crippen LogP contribution in [0, 0.1) is 13.8 Å². The minimum absolute atomic E-state index is 0.00766. The first-order chi connectivity index (χ1) is 19.8. The number of carbonyl (C=O) groups is 2. The number of ether oxygens (including phenoxy) is 1. The zero-order valence-corrected chi connectivity index (χ0v) is 23.1. The molecular weight excluding hydrogens is 524 g/mol. The summed E-state index contributed by atoms with van der Waals surface area (Å²) in [5.41, 5.74) is 7.26. The zero-order valence-electron chi connectivity index (χ0n) is 23.1. The fourth-order valence-corrected chi connectivity index (χ4v) is 4.75. The lowest BCUT2D eigenvalue weighted by Gasteiger charge is -2.14. The Balaban J connectivity index is 1.47. The van der Waals surface area contributed by atoms with Crippen molar-refractivity contribution in [3.05, 3.63) is 100 Å². The van der Waals surface area contributed by atoms with Crippen LogP contribution in [0.1, 0.15) is 56.7 Å². The molecule has 5 rings (SSSR count). The van der Waals surface area contributed by atoms with Crippen LogP contribution in [-0.2, 0) is 16.2 Å².